The third-order valence-electron chi connectivity index (χ3n) is 9.28. The zero-order chi connectivity index (χ0) is 30.4. The molecule has 0 radical (unpaired) electrons. The topological polar surface area (TPSA) is 4.93 Å². The van der Waals surface area contributed by atoms with E-state index in [2.05, 4.69) is 166 Å². The number of hydrogen-bond donors (Lipinski definition) is 0. The average Bonchev–Trinajstić information content (AvgIpc) is 3.77. The van der Waals surface area contributed by atoms with Gasteiger partial charge in [-0.1, -0.05) is 94.8 Å². The molecule has 0 aliphatic heterocycles. The molecule has 0 aliphatic carbocycles. The minimum absolute atomic E-state index is 1.09. The molecule has 46 heavy (non-hydrogen) atoms. The molecule has 3 aromatic heterocycles. The van der Waals surface area contributed by atoms with E-state index in [1.165, 1.54) is 84.4 Å². The number of nitrogens with zero attached hydrogens (tertiary/aromatic N) is 1. The molecule has 7 aromatic carbocycles. The van der Waals surface area contributed by atoms with Gasteiger partial charge in [-0.3, -0.25) is 0 Å². The number of aromatic nitrogens is 1. The van der Waals surface area contributed by atoms with Crippen molar-refractivity contribution in [3.8, 4) is 27.9 Å². The largest absolute Gasteiger partial charge is 0.309 e. The molecular formula is C42H24BrNS2. The Hall–Kier alpha value is -4.74. The highest BCUT2D eigenvalue weighted by Crippen LogP contribution is 2.43. The van der Waals surface area contributed by atoms with Crippen LogP contribution in [0.25, 0.3) is 90.1 Å². The Kier molecular flexibility index (Phi) is 5.83. The van der Waals surface area contributed by atoms with Crippen molar-refractivity contribution in [3.63, 3.8) is 0 Å². The summed E-state index contributed by atoms with van der Waals surface area (Å²) in [5, 5.41) is 7.85. The van der Waals surface area contributed by atoms with Crippen molar-refractivity contribution in [1.29, 1.82) is 0 Å². The van der Waals surface area contributed by atoms with Crippen LogP contribution >= 0.6 is 38.6 Å². The van der Waals surface area contributed by atoms with Crippen LogP contribution in [0.15, 0.2) is 150 Å². The van der Waals surface area contributed by atoms with Crippen LogP contribution in [0.4, 0.5) is 0 Å². The third-order valence-corrected chi connectivity index (χ3v) is 12.0. The summed E-state index contributed by atoms with van der Waals surface area (Å²) in [6.07, 6.45) is 0. The number of hydrogen-bond acceptors (Lipinski definition) is 2. The fourth-order valence-corrected chi connectivity index (χ4v) is 9.89. The summed E-state index contributed by atoms with van der Waals surface area (Å²) in [5.41, 5.74) is 8.62. The molecule has 0 bridgehead atoms. The predicted molar refractivity (Wildman–Crippen MR) is 205 cm³/mol. The molecule has 10 rings (SSSR count). The summed E-state index contributed by atoms with van der Waals surface area (Å²) < 4.78 is 8.82. The van der Waals surface area contributed by atoms with Gasteiger partial charge in [0.2, 0.25) is 0 Å². The van der Waals surface area contributed by atoms with Crippen molar-refractivity contribution < 1.29 is 0 Å². The van der Waals surface area contributed by atoms with Gasteiger partial charge >= 0.3 is 0 Å². The number of benzene rings is 7. The number of thiophene rings is 2. The molecule has 216 valence electrons. The molecule has 1 nitrogen and oxygen atoms in total. The van der Waals surface area contributed by atoms with E-state index in [0.29, 0.717) is 0 Å². The second-order valence-corrected chi connectivity index (χ2v) is 14.9. The molecular weight excluding hydrogens is 663 g/mol. The van der Waals surface area contributed by atoms with E-state index in [9.17, 15) is 0 Å². The minimum Gasteiger partial charge on any atom is -0.309 e. The molecule has 4 heteroatoms. The highest BCUT2D eigenvalue weighted by atomic mass is 79.9. The summed E-state index contributed by atoms with van der Waals surface area (Å²) in [7, 11) is 0. The number of halogens is 1. The predicted octanol–water partition coefficient (Wildman–Crippen LogP) is 13.6. The highest BCUT2D eigenvalue weighted by molar-refractivity contribution is 9.10. The molecule has 0 saturated heterocycles. The van der Waals surface area contributed by atoms with Gasteiger partial charge in [-0.2, -0.15) is 0 Å². The van der Waals surface area contributed by atoms with Gasteiger partial charge in [-0.25, -0.2) is 0 Å². The Balaban J connectivity index is 1.15. The maximum absolute atomic E-state index is 3.76. The second kappa shape index (κ2) is 10.1. The van der Waals surface area contributed by atoms with Crippen molar-refractivity contribution in [3.05, 3.63) is 150 Å². The van der Waals surface area contributed by atoms with Gasteiger partial charge in [0.05, 0.1) is 11.0 Å². The molecule has 0 unspecified atom stereocenters. The van der Waals surface area contributed by atoms with E-state index >= 15 is 0 Å². The Morgan fingerprint density at radius 1 is 0.413 bits per heavy atom. The Bertz CT molecular complexity index is 2820. The lowest BCUT2D eigenvalue weighted by atomic mass is 9.98. The zero-order valence-electron chi connectivity index (χ0n) is 24.5. The van der Waals surface area contributed by atoms with Crippen molar-refractivity contribution in [2.24, 2.45) is 0 Å². The van der Waals surface area contributed by atoms with Crippen LogP contribution in [-0.4, -0.2) is 4.57 Å². The van der Waals surface area contributed by atoms with Crippen LogP contribution in [0.3, 0.4) is 0 Å². The summed E-state index contributed by atoms with van der Waals surface area (Å²) >= 11 is 7.50. The van der Waals surface area contributed by atoms with Crippen LogP contribution in [0.2, 0.25) is 0 Å². The maximum atomic E-state index is 3.76. The Labute approximate surface area is 281 Å². The summed E-state index contributed by atoms with van der Waals surface area (Å²) in [6, 6.07) is 53.6. The first-order valence-electron chi connectivity index (χ1n) is 15.4. The lowest BCUT2D eigenvalue weighted by molar-refractivity contribution is 1.18. The quantitative estimate of drug-likeness (QED) is 0.174. The molecule has 0 amide bonds. The SMILES string of the molecule is Brc1ccc2c(c1)c1cc(-c3cccc4sc5ccccc5c34)ccc1n2-c1ccc(-c2cccc3sc4ccccc4c23)cc1. The van der Waals surface area contributed by atoms with Gasteiger partial charge in [0.25, 0.3) is 0 Å². The van der Waals surface area contributed by atoms with E-state index in [-0.39, 0.29) is 0 Å². The molecule has 0 fully saturated rings. The number of rotatable bonds is 3. The van der Waals surface area contributed by atoms with E-state index in [0.717, 1.165) is 10.2 Å². The third kappa shape index (κ3) is 3.91. The zero-order valence-corrected chi connectivity index (χ0v) is 27.7. The van der Waals surface area contributed by atoms with Crippen LogP contribution in [0, 0.1) is 0 Å². The van der Waals surface area contributed by atoms with Crippen LogP contribution < -0.4 is 0 Å². The van der Waals surface area contributed by atoms with Gasteiger partial charge in [0.15, 0.2) is 0 Å². The lowest BCUT2D eigenvalue weighted by Crippen LogP contribution is -1.94. The Morgan fingerprint density at radius 3 is 1.59 bits per heavy atom. The number of fused-ring (bicyclic) bond motifs is 9. The monoisotopic (exact) mass is 685 g/mol. The first-order valence-corrected chi connectivity index (χ1v) is 17.8. The van der Waals surface area contributed by atoms with Gasteiger partial charge in [0.1, 0.15) is 0 Å². The standard InChI is InChI=1S/C42H24BrNS2/c43-27-18-22-36-34(24-27)33-23-26(30-10-6-14-40-42(30)32-8-2-4-12-38(32)46-40)17-21-35(33)44(36)28-19-15-25(16-20-28)29-9-5-13-39-41(29)31-7-1-3-11-37(31)45-39/h1-24H. The van der Waals surface area contributed by atoms with Gasteiger partial charge in [0, 0.05) is 61.3 Å². The van der Waals surface area contributed by atoms with E-state index < -0.39 is 0 Å². The molecule has 10 aromatic rings. The van der Waals surface area contributed by atoms with Crippen LogP contribution in [0.1, 0.15) is 0 Å². The summed E-state index contributed by atoms with van der Waals surface area (Å²) in [6.45, 7) is 0. The van der Waals surface area contributed by atoms with Crippen LogP contribution in [-0.2, 0) is 0 Å². The Morgan fingerprint density at radius 2 is 0.935 bits per heavy atom. The lowest BCUT2D eigenvalue weighted by Gasteiger charge is -2.11. The van der Waals surface area contributed by atoms with Gasteiger partial charge in [-0.05, 0) is 89.0 Å². The van der Waals surface area contributed by atoms with E-state index in [4.69, 9.17) is 0 Å². The minimum atomic E-state index is 1.09. The molecule has 0 spiro atoms. The normalized spacial score (nSPS) is 12.0. The molecule has 0 aliphatic rings. The average molecular weight is 687 g/mol. The van der Waals surface area contributed by atoms with Crippen molar-refractivity contribution in [2.75, 3.05) is 0 Å². The molecule has 0 atom stereocenters. The van der Waals surface area contributed by atoms with E-state index in [1.54, 1.807) is 0 Å². The second-order valence-electron chi connectivity index (χ2n) is 11.8. The van der Waals surface area contributed by atoms with Crippen molar-refractivity contribution in [2.45, 2.75) is 0 Å². The van der Waals surface area contributed by atoms with Crippen LogP contribution in [0.5, 0.6) is 0 Å². The van der Waals surface area contributed by atoms with Crippen molar-refractivity contribution in [1.82, 2.24) is 4.57 Å². The molecule has 3 heterocycles. The fraction of sp³-hybridized carbons (Fsp3) is 0. The maximum Gasteiger partial charge on any atom is 0.0541 e. The summed E-state index contributed by atoms with van der Waals surface area (Å²) in [4.78, 5) is 0. The first-order chi connectivity index (χ1) is 22.7. The van der Waals surface area contributed by atoms with Crippen molar-refractivity contribution >= 4 is 101 Å². The first kappa shape index (κ1) is 26.5. The summed E-state index contributed by atoms with van der Waals surface area (Å²) in [5.74, 6) is 0. The molecule has 0 N–H and O–H groups in total. The highest BCUT2D eigenvalue weighted by Gasteiger charge is 2.17. The van der Waals surface area contributed by atoms with Gasteiger partial charge < -0.3 is 4.57 Å². The van der Waals surface area contributed by atoms with E-state index in [1.807, 2.05) is 22.7 Å². The van der Waals surface area contributed by atoms with Gasteiger partial charge in [-0.15, -0.1) is 22.7 Å². The smallest absolute Gasteiger partial charge is 0.0541 e. The molecule has 0 saturated carbocycles. The fourth-order valence-electron chi connectivity index (χ4n) is 7.26.